The molecule has 3 rings (SSSR count). The second-order valence-corrected chi connectivity index (χ2v) is 5.00. The van der Waals surface area contributed by atoms with Crippen molar-refractivity contribution in [3.63, 3.8) is 0 Å². The normalized spacial score (nSPS) is 35.9. The van der Waals surface area contributed by atoms with Gasteiger partial charge in [0, 0.05) is 18.6 Å². The second kappa shape index (κ2) is 4.40. The van der Waals surface area contributed by atoms with Gasteiger partial charge in [-0.25, -0.2) is 4.98 Å². The molecule has 3 N–H and O–H groups in total. The summed E-state index contributed by atoms with van der Waals surface area (Å²) in [5.41, 5.74) is 6.14. The first-order valence-electron chi connectivity index (χ1n) is 5.87. The van der Waals surface area contributed by atoms with E-state index in [9.17, 15) is 0 Å². The van der Waals surface area contributed by atoms with E-state index in [4.69, 9.17) is 22.1 Å². The van der Waals surface area contributed by atoms with Gasteiger partial charge in [0.05, 0.1) is 24.5 Å². The third-order valence-electron chi connectivity index (χ3n) is 3.60. The minimum Gasteiger partial charge on any atom is -0.376 e. The van der Waals surface area contributed by atoms with Crippen molar-refractivity contribution in [1.29, 1.82) is 0 Å². The van der Waals surface area contributed by atoms with Crippen LogP contribution >= 0.6 is 11.6 Å². The lowest BCUT2D eigenvalue weighted by Crippen LogP contribution is -2.69. The van der Waals surface area contributed by atoms with Crippen molar-refractivity contribution < 1.29 is 4.74 Å². The van der Waals surface area contributed by atoms with E-state index < -0.39 is 0 Å². The first kappa shape index (κ1) is 11.2. The minimum absolute atomic E-state index is 0.119. The van der Waals surface area contributed by atoms with Crippen LogP contribution < -0.4 is 11.1 Å². The number of aromatic nitrogens is 2. The molecular weight excluding hydrogens is 240 g/mol. The summed E-state index contributed by atoms with van der Waals surface area (Å²) in [6.07, 6.45) is 5.63. The Bertz CT molecular complexity index is 416. The summed E-state index contributed by atoms with van der Waals surface area (Å²) >= 11 is 5.79. The number of halogens is 1. The number of nitrogens with one attached hydrogen (secondary N) is 1. The van der Waals surface area contributed by atoms with Crippen LogP contribution in [-0.2, 0) is 4.74 Å². The van der Waals surface area contributed by atoms with Crippen LogP contribution in [0.25, 0.3) is 0 Å². The zero-order valence-corrected chi connectivity index (χ0v) is 10.1. The molecule has 2 fully saturated rings. The Morgan fingerprint density at radius 2 is 2.35 bits per heavy atom. The Balaban J connectivity index is 1.69. The van der Waals surface area contributed by atoms with Gasteiger partial charge >= 0.3 is 0 Å². The fourth-order valence-electron chi connectivity index (χ4n) is 2.71. The summed E-state index contributed by atoms with van der Waals surface area (Å²) in [5, 5.41) is 3.64. The molecule has 0 spiro atoms. The average molecular weight is 255 g/mol. The van der Waals surface area contributed by atoms with Crippen molar-refractivity contribution in [2.45, 2.75) is 31.0 Å². The predicted molar refractivity (Wildman–Crippen MR) is 64.9 cm³/mol. The molecule has 0 bridgehead atoms. The van der Waals surface area contributed by atoms with Crippen LogP contribution in [0.3, 0.4) is 0 Å². The zero-order valence-electron chi connectivity index (χ0n) is 9.34. The standard InChI is InChI=1S/C11H15ClN4O/c12-7-4-14-5-8(15-7)16-10-9(13)6-2-1-3-17-11(6)10/h4-6,9-11H,1-3,13H2,(H,15,16). The van der Waals surface area contributed by atoms with Crippen LogP contribution in [-0.4, -0.2) is 34.8 Å². The SMILES string of the molecule is NC1C2CCCOC2C1Nc1cncc(Cl)n1. The van der Waals surface area contributed by atoms with E-state index in [-0.39, 0.29) is 18.2 Å². The maximum absolute atomic E-state index is 6.14. The summed E-state index contributed by atoms with van der Waals surface area (Å²) in [6.45, 7) is 0.827. The number of ether oxygens (including phenoxy) is 1. The van der Waals surface area contributed by atoms with Gasteiger partial charge < -0.3 is 15.8 Å². The van der Waals surface area contributed by atoms with Gasteiger partial charge in [-0.3, -0.25) is 4.98 Å². The predicted octanol–water partition coefficient (Wildman–Crippen LogP) is 1.05. The molecule has 2 aliphatic rings. The third-order valence-corrected chi connectivity index (χ3v) is 3.78. The molecule has 0 radical (unpaired) electrons. The maximum Gasteiger partial charge on any atom is 0.149 e. The van der Waals surface area contributed by atoms with E-state index >= 15 is 0 Å². The summed E-state index contributed by atoms with van der Waals surface area (Å²) < 4.78 is 5.74. The van der Waals surface area contributed by atoms with E-state index in [0.29, 0.717) is 16.9 Å². The maximum atomic E-state index is 6.14. The molecule has 4 unspecified atom stereocenters. The highest BCUT2D eigenvalue weighted by molar-refractivity contribution is 6.29. The summed E-state index contributed by atoms with van der Waals surface area (Å²) in [7, 11) is 0. The van der Waals surface area contributed by atoms with Gasteiger partial charge in [-0.15, -0.1) is 0 Å². The van der Waals surface area contributed by atoms with E-state index in [1.807, 2.05) is 0 Å². The zero-order chi connectivity index (χ0) is 11.8. The summed E-state index contributed by atoms with van der Waals surface area (Å²) in [5.74, 6) is 1.14. The summed E-state index contributed by atoms with van der Waals surface area (Å²) in [4.78, 5) is 8.13. The van der Waals surface area contributed by atoms with Crippen LogP contribution in [0, 0.1) is 5.92 Å². The van der Waals surface area contributed by atoms with Crippen molar-refractivity contribution in [3.8, 4) is 0 Å². The van der Waals surface area contributed by atoms with Gasteiger partial charge in [-0.1, -0.05) is 11.6 Å². The Morgan fingerprint density at radius 3 is 3.18 bits per heavy atom. The lowest BCUT2D eigenvalue weighted by molar-refractivity contribution is -0.104. The van der Waals surface area contributed by atoms with Crippen molar-refractivity contribution in [2.75, 3.05) is 11.9 Å². The molecule has 1 aromatic rings. The van der Waals surface area contributed by atoms with E-state index in [2.05, 4.69) is 15.3 Å². The first-order chi connectivity index (χ1) is 8.25. The largest absolute Gasteiger partial charge is 0.376 e. The molecule has 92 valence electrons. The Kier molecular flexibility index (Phi) is 2.90. The number of nitrogens with zero attached hydrogens (tertiary/aromatic N) is 2. The summed E-state index contributed by atoms with van der Waals surface area (Å²) in [6, 6.07) is 0.245. The Morgan fingerprint density at radius 1 is 1.47 bits per heavy atom. The molecule has 4 atom stereocenters. The molecular formula is C11H15ClN4O. The smallest absolute Gasteiger partial charge is 0.149 e. The van der Waals surface area contributed by atoms with Crippen LogP contribution in [0.15, 0.2) is 12.4 Å². The monoisotopic (exact) mass is 254 g/mol. The Hall–Kier alpha value is -0.910. The van der Waals surface area contributed by atoms with Crippen LogP contribution in [0.2, 0.25) is 5.15 Å². The second-order valence-electron chi connectivity index (χ2n) is 4.62. The number of hydrogen-bond donors (Lipinski definition) is 2. The minimum atomic E-state index is 0.119. The number of hydrogen-bond acceptors (Lipinski definition) is 5. The topological polar surface area (TPSA) is 73.1 Å². The van der Waals surface area contributed by atoms with Crippen LogP contribution in [0.1, 0.15) is 12.8 Å². The molecule has 1 aliphatic heterocycles. The number of fused-ring (bicyclic) bond motifs is 1. The fourth-order valence-corrected chi connectivity index (χ4v) is 2.86. The molecule has 1 saturated heterocycles. The average Bonchev–Trinajstić information content (AvgIpc) is 2.36. The highest BCUT2D eigenvalue weighted by atomic mass is 35.5. The van der Waals surface area contributed by atoms with Crippen molar-refractivity contribution in [1.82, 2.24) is 9.97 Å². The first-order valence-corrected chi connectivity index (χ1v) is 6.25. The third kappa shape index (κ3) is 1.99. The van der Waals surface area contributed by atoms with Gasteiger partial charge in [0.15, 0.2) is 0 Å². The Labute approximate surface area is 105 Å². The van der Waals surface area contributed by atoms with Gasteiger partial charge in [0.25, 0.3) is 0 Å². The molecule has 17 heavy (non-hydrogen) atoms. The van der Waals surface area contributed by atoms with Crippen LogP contribution in [0.5, 0.6) is 0 Å². The van der Waals surface area contributed by atoms with E-state index in [1.165, 1.54) is 6.20 Å². The molecule has 1 saturated carbocycles. The van der Waals surface area contributed by atoms with Gasteiger partial charge in [-0.2, -0.15) is 0 Å². The number of rotatable bonds is 2. The van der Waals surface area contributed by atoms with Crippen LogP contribution in [0.4, 0.5) is 5.82 Å². The fraction of sp³-hybridized carbons (Fsp3) is 0.636. The highest BCUT2D eigenvalue weighted by Crippen LogP contribution is 2.38. The van der Waals surface area contributed by atoms with E-state index in [1.54, 1.807) is 6.20 Å². The molecule has 0 aromatic carbocycles. The highest BCUT2D eigenvalue weighted by Gasteiger charge is 2.50. The number of anilines is 1. The van der Waals surface area contributed by atoms with Crippen molar-refractivity contribution in [3.05, 3.63) is 17.5 Å². The lowest BCUT2D eigenvalue weighted by Gasteiger charge is -2.52. The molecule has 1 aromatic heterocycles. The molecule has 2 heterocycles. The van der Waals surface area contributed by atoms with Gasteiger partial charge in [-0.05, 0) is 12.8 Å². The number of nitrogens with two attached hydrogens (primary N) is 1. The van der Waals surface area contributed by atoms with Crippen molar-refractivity contribution in [2.24, 2.45) is 11.7 Å². The lowest BCUT2D eigenvalue weighted by atomic mass is 9.69. The quantitative estimate of drug-likeness (QED) is 0.825. The molecule has 1 aliphatic carbocycles. The van der Waals surface area contributed by atoms with Gasteiger partial charge in [0.2, 0.25) is 0 Å². The van der Waals surface area contributed by atoms with Gasteiger partial charge in [0.1, 0.15) is 11.0 Å². The van der Waals surface area contributed by atoms with E-state index in [0.717, 1.165) is 19.4 Å². The molecule has 0 amide bonds. The molecule has 6 heteroatoms. The van der Waals surface area contributed by atoms with Crippen molar-refractivity contribution >= 4 is 17.4 Å². The molecule has 5 nitrogen and oxygen atoms in total.